The van der Waals surface area contributed by atoms with Crippen LogP contribution in [0.3, 0.4) is 0 Å². The minimum atomic E-state index is -0.329. The van der Waals surface area contributed by atoms with Crippen LogP contribution in [0.5, 0.6) is 0 Å². The first-order valence-electron chi connectivity index (χ1n) is 7.39. The van der Waals surface area contributed by atoms with Crippen LogP contribution < -0.4 is 5.32 Å². The molecule has 1 aliphatic heterocycles. The lowest BCUT2D eigenvalue weighted by atomic mass is 10.00. The Morgan fingerprint density at radius 3 is 2.70 bits per heavy atom. The fraction of sp³-hybridized carbons (Fsp3) is 0.625. The monoisotopic (exact) mass is 282 g/mol. The van der Waals surface area contributed by atoms with E-state index in [1.54, 1.807) is 6.92 Å². The highest BCUT2D eigenvalue weighted by Gasteiger charge is 2.24. The average Bonchev–Trinajstić information content (AvgIpc) is 2.70. The van der Waals surface area contributed by atoms with Crippen molar-refractivity contribution in [2.75, 3.05) is 20.1 Å². The van der Waals surface area contributed by atoms with Gasteiger partial charge < -0.3 is 5.32 Å². The predicted molar refractivity (Wildman–Crippen MR) is 77.8 cm³/mol. The zero-order valence-corrected chi connectivity index (χ0v) is 12.5. The minimum Gasteiger partial charge on any atom is -0.317 e. The molecule has 1 aromatic rings. The van der Waals surface area contributed by atoms with Gasteiger partial charge in [-0.1, -0.05) is 0 Å². The number of rotatable bonds is 3. The molecule has 1 N–H and O–H groups in total. The first kappa shape index (κ1) is 15.4. The van der Waals surface area contributed by atoms with Crippen LogP contribution >= 0.6 is 0 Å². The molecule has 1 aliphatic rings. The van der Waals surface area contributed by atoms with Gasteiger partial charge in [-0.25, -0.2) is 8.78 Å². The van der Waals surface area contributed by atoms with Crippen LogP contribution in [-0.2, 0) is 0 Å². The van der Waals surface area contributed by atoms with Gasteiger partial charge in [0.05, 0.1) is 0 Å². The van der Waals surface area contributed by atoms with Gasteiger partial charge in [0.2, 0.25) is 0 Å². The molecule has 112 valence electrons. The lowest BCUT2D eigenvalue weighted by molar-refractivity contribution is 0.168. The fourth-order valence-corrected chi connectivity index (χ4v) is 2.93. The van der Waals surface area contributed by atoms with Crippen molar-refractivity contribution in [3.8, 4) is 0 Å². The number of nitrogens with one attached hydrogen (secondary N) is 1. The Morgan fingerprint density at radius 1 is 1.20 bits per heavy atom. The molecular formula is C16H24F2N2. The maximum atomic E-state index is 14.1. The summed E-state index contributed by atoms with van der Waals surface area (Å²) in [5, 5.41) is 3.38. The third-order valence-corrected chi connectivity index (χ3v) is 4.46. The lowest BCUT2D eigenvalue weighted by Gasteiger charge is -2.33. The van der Waals surface area contributed by atoms with Gasteiger partial charge in [-0.3, -0.25) is 4.90 Å². The zero-order valence-electron chi connectivity index (χ0n) is 12.5. The van der Waals surface area contributed by atoms with Crippen molar-refractivity contribution in [2.45, 2.75) is 45.2 Å². The lowest BCUT2D eigenvalue weighted by Crippen LogP contribution is -2.35. The number of aryl methyl sites for hydroxylation is 1. The smallest absolute Gasteiger partial charge is 0.128 e. The summed E-state index contributed by atoms with van der Waals surface area (Å²) in [5.41, 5.74) is 0.813. The van der Waals surface area contributed by atoms with Crippen LogP contribution in [0.4, 0.5) is 8.78 Å². The van der Waals surface area contributed by atoms with Gasteiger partial charge in [0.25, 0.3) is 0 Å². The third-order valence-electron chi connectivity index (χ3n) is 4.46. The summed E-state index contributed by atoms with van der Waals surface area (Å²) in [5.74, 6) is -0.640. The topological polar surface area (TPSA) is 15.3 Å². The maximum Gasteiger partial charge on any atom is 0.128 e. The van der Waals surface area contributed by atoms with Crippen LogP contribution in [0, 0.1) is 18.6 Å². The molecule has 2 nitrogen and oxygen atoms in total. The van der Waals surface area contributed by atoms with Crippen LogP contribution in [-0.4, -0.2) is 31.1 Å². The van der Waals surface area contributed by atoms with Crippen molar-refractivity contribution in [2.24, 2.45) is 0 Å². The van der Waals surface area contributed by atoms with E-state index in [9.17, 15) is 8.78 Å². The first-order chi connectivity index (χ1) is 9.50. The van der Waals surface area contributed by atoms with E-state index in [1.165, 1.54) is 12.1 Å². The molecule has 1 heterocycles. The molecule has 2 unspecified atom stereocenters. The summed E-state index contributed by atoms with van der Waals surface area (Å²) < 4.78 is 27.8. The molecule has 0 radical (unpaired) electrons. The van der Waals surface area contributed by atoms with Crippen LogP contribution in [0.2, 0.25) is 0 Å². The Morgan fingerprint density at radius 2 is 1.95 bits per heavy atom. The molecule has 0 spiro atoms. The predicted octanol–water partition coefficient (Wildman–Crippen LogP) is 3.41. The van der Waals surface area contributed by atoms with Crippen molar-refractivity contribution in [3.05, 3.63) is 34.9 Å². The van der Waals surface area contributed by atoms with Crippen molar-refractivity contribution in [1.82, 2.24) is 10.2 Å². The van der Waals surface area contributed by atoms with Crippen LogP contribution in [0.15, 0.2) is 12.1 Å². The summed E-state index contributed by atoms with van der Waals surface area (Å²) in [6, 6.07) is 2.95. The van der Waals surface area contributed by atoms with E-state index in [0.29, 0.717) is 17.2 Å². The molecule has 1 fully saturated rings. The van der Waals surface area contributed by atoms with Crippen molar-refractivity contribution < 1.29 is 8.78 Å². The average molecular weight is 282 g/mol. The Hall–Kier alpha value is -1.00. The summed E-state index contributed by atoms with van der Waals surface area (Å²) in [4.78, 5) is 2.18. The van der Waals surface area contributed by atoms with Crippen LogP contribution in [0.1, 0.15) is 43.4 Å². The Balaban J connectivity index is 2.17. The normalized spacial score (nSPS) is 21.8. The molecule has 1 aromatic carbocycles. The minimum absolute atomic E-state index is 0.117. The molecule has 0 bridgehead atoms. The second kappa shape index (κ2) is 6.64. The second-order valence-electron chi connectivity index (χ2n) is 5.80. The van der Waals surface area contributed by atoms with Crippen LogP contribution in [0.25, 0.3) is 0 Å². The molecule has 1 saturated heterocycles. The van der Waals surface area contributed by atoms with E-state index in [2.05, 4.69) is 10.2 Å². The Kier molecular flexibility index (Phi) is 5.11. The van der Waals surface area contributed by atoms with E-state index in [1.807, 2.05) is 14.0 Å². The highest BCUT2D eigenvalue weighted by molar-refractivity contribution is 5.27. The molecule has 0 aromatic heterocycles. The summed E-state index contributed by atoms with van der Waals surface area (Å²) in [6.07, 6.45) is 3.28. The van der Waals surface area contributed by atoms with E-state index < -0.39 is 0 Å². The fourth-order valence-electron chi connectivity index (χ4n) is 2.93. The largest absolute Gasteiger partial charge is 0.317 e. The van der Waals surface area contributed by atoms with Gasteiger partial charge in [0, 0.05) is 17.6 Å². The molecule has 20 heavy (non-hydrogen) atoms. The number of benzene rings is 1. The third kappa shape index (κ3) is 3.36. The number of hydrogen-bond acceptors (Lipinski definition) is 2. The number of halogens is 2. The van der Waals surface area contributed by atoms with E-state index in [-0.39, 0.29) is 17.7 Å². The maximum absolute atomic E-state index is 14.1. The SMILES string of the molecule is Cc1cc(F)c(C(C)N(C)C2CCCNCC2)cc1F. The van der Waals surface area contributed by atoms with Gasteiger partial charge in [-0.15, -0.1) is 0 Å². The summed E-state index contributed by atoms with van der Waals surface area (Å²) >= 11 is 0. The van der Waals surface area contributed by atoms with E-state index in [4.69, 9.17) is 0 Å². The van der Waals surface area contributed by atoms with Gasteiger partial charge >= 0.3 is 0 Å². The molecular weight excluding hydrogens is 258 g/mol. The number of nitrogens with zero attached hydrogens (tertiary/aromatic N) is 1. The van der Waals surface area contributed by atoms with E-state index >= 15 is 0 Å². The summed E-state index contributed by atoms with van der Waals surface area (Å²) in [7, 11) is 2.01. The Bertz CT molecular complexity index is 454. The Labute approximate surface area is 120 Å². The van der Waals surface area contributed by atoms with Crippen molar-refractivity contribution in [1.29, 1.82) is 0 Å². The zero-order chi connectivity index (χ0) is 14.7. The highest BCUT2D eigenvalue weighted by atomic mass is 19.1. The van der Waals surface area contributed by atoms with Gasteiger partial charge in [-0.05, 0) is 70.9 Å². The quantitative estimate of drug-likeness (QED) is 0.914. The number of hydrogen-bond donors (Lipinski definition) is 1. The van der Waals surface area contributed by atoms with Crippen molar-refractivity contribution in [3.63, 3.8) is 0 Å². The van der Waals surface area contributed by atoms with Gasteiger partial charge in [0.1, 0.15) is 11.6 Å². The van der Waals surface area contributed by atoms with Gasteiger partial charge in [0.15, 0.2) is 0 Å². The molecule has 4 heteroatoms. The highest BCUT2D eigenvalue weighted by Crippen LogP contribution is 2.28. The molecule has 0 aliphatic carbocycles. The molecule has 0 saturated carbocycles. The van der Waals surface area contributed by atoms with E-state index in [0.717, 1.165) is 32.4 Å². The molecule has 0 amide bonds. The standard InChI is InChI=1S/C16H24F2N2/c1-11-9-16(18)14(10-15(11)17)12(2)20(3)13-5-4-7-19-8-6-13/h9-10,12-13,19H,4-8H2,1-3H3. The second-order valence-corrected chi connectivity index (χ2v) is 5.80. The summed E-state index contributed by atoms with van der Waals surface area (Å²) in [6.45, 7) is 5.58. The molecule has 2 atom stereocenters. The van der Waals surface area contributed by atoms with Crippen molar-refractivity contribution >= 4 is 0 Å². The molecule has 2 rings (SSSR count). The van der Waals surface area contributed by atoms with Gasteiger partial charge in [-0.2, -0.15) is 0 Å². The first-order valence-corrected chi connectivity index (χ1v) is 7.39.